The lowest BCUT2D eigenvalue weighted by molar-refractivity contribution is -0.101. The Hall–Kier alpha value is -2.51. The van der Waals surface area contributed by atoms with Crippen LogP contribution in [0.25, 0.3) is 11.3 Å². The number of nitrogens with zero attached hydrogens (tertiary/aromatic N) is 1. The van der Waals surface area contributed by atoms with Crippen LogP contribution in [0.2, 0.25) is 0 Å². The van der Waals surface area contributed by atoms with Gasteiger partial charge in [-0.3, -0.25) is 4.79 Å². The molecule has 0 bridgehead atoms. The number of benzene rings is 1. The Morgan fingerprint density at radius 3 is 2.93 bits per heavy atom. The maximum Gasteiger partial charge on any atom is 0.254 e. The Morgan fingerprint density at radius 1 is 1.33 bits per heavy atom. The fourth-order valence-corrected chi connectivity index (χ4v) is 3.80. The Kier molecular flexibility index (Phi) is 4.80. The molecule has 7 nitrogen and oxygen atoms in total. The summed E-state index contributed by atoms with van der Waals surface area (Å²) in [6, 6.07) is 4.95. The third-order valence-corrected chi connectivity index (χ3v) is 5.11. The molecule has 2 aliphatic rings. The summed E-state index contributed by atoms with van der Waals surface area (Å²) in [6.07, 6.45) is 0.480. The molecule has 1 saturated heterocycles. The first kappa shape index (κ1) is 17.9. The van der Waals surface area contributed by atoms with Crippen LogP contribution < -0.4 is 15.0 Å². The number of ether oxygens (including phenoxy) is 4. The summed E-state index contributed by atoms with van der Waals surface area (Å²) in [5.74, 6) is 1.11. The lowest BCUT2D eigenvalue weighted by atomic mass is 9.93. The number of hydrogen-bond acceptors (Lipinski definition) is 6. The maximum atomic E-state index is 12.7. The third-order valence-electron chi connectivity index (χ3n) is 5.11. The Bertz CT molecular complexity index is 914. The summed E-state index contributed by atoms with van der Waals surface area (Å²) in [5.41, 5.74) is 3.36. The molecule has 3 heterocycles. The molecule has 4 rings (SSSR count). The molecule has 0 spiro atoms. The molecule has 144 valence electrons. The van der Waals surface area contributed by atoms with E-state index in [4.69, 9.17) is 18.9 Å². The van der Waals surface area contributed by atoms with Crippen LogP contribution in [-0.2, 0) is 22.4 Å². The van der Waals surface area contributed by atoms with E-state index in [0.717, 1.165) is 22.4 Å². The SMILES string of the molecule is COc1c(O)ccc2c1CCn1c-2c(C)c(OC[C@@H]2COCCO2)cc1=O. The highest BCUT2D eigenvalue weighted by Crippen LogP contribution is 2.42. The third kappa shape index (κ3) is 3.17. The predicted octanol–water partition coefficient (Wildman–Crippen LogP) is 1.89. The molecule has 0 amide bonds. The van der Waals surface area contributed by atoms with Crippen LogP contribution in [0, 0.1) is 6.92 Å². The fraction of sp³-hybridized carbons (Fsp3) is 0.450. The van der Waals surface area contributed by atoms with Crippen molar-refractivity contribution in [2.45, 2.75) is 26.0 Å². The van der Waals surface area contributed by atoms with Gasteiger partial charge in [0, 0.05) is 29.3 Å². The quantitative estimate of drug-likeness (QED) is 0.882. The molecule has 1 N–H and O–H groups in total. The van der Waals surface area contributed by atoms with Crippen molar-refractivity contribution in [2.75, 3.05) is 33.5 Å². The van der Waals surface area contributed by atoms with Crippen molar-refractivity contribution in [1.82, 2.24) is 4.57 Å². The highest BCUT2D eigenvalue weighted by atomic mass is 16.6. The largest absolute Gasteiger partial charge is 0.504 e. The number of rotatable bonds is 4. The highest BCUT2D eigenvalue weighted by molar-refractivity contribution is 5.75. The van der Waals surface area contributed by atoms with Gasteiger partial charge in [-0.05, 0) is 25.5 Å². The molecule has 1 aromatic carbocycles. The Balaban J connectivity index is 1.73. The molecular weight excluding hydrogens is 350 g/mol. The Labute approximate surface area is 157 Å². The summed E-state index contributed by atoms with van der Waals surface area (Å²) in [6.45, 7) is 4.43. The van der Waals surface area contributed by atoms with Gasteiger partial charge in [0.15, 0.2) is 11.5 Å². The van der Waals surface area contributed by atoms with Crippen LogP contribution in [0.1, 0.15) is 11.1 Å². The summed E-state index contributed by atoms with van der Waals surface area (Å²) >= 11 is 0. The molecule has 1 aromatic heterocycles. The van der Waals surface area contributed by atoms with Crippen molar-refractivity contribution in [3.05, 3.63) is 39.7 Å². The van der Waals surface area contributed by atoms with Gasteiger partial charge >= 0.3 is 0 Å². The molecule has 0 unspecified atom stereocenters. The number of methoxy groups -OCH3 is 1. The van der Waals surface area contributed by atoms with Crippen LogP contribution in [-0.4, -0.2) is 49.3 Å². The molecule has 1 fully saturated rings. The average Bonchev–Trinajstić information content (AvgIpc) is 2.69. The van der Waals surface area contributed by atoms with Gasteiger partial charge in [-0.15, -0.1) is 0 Å². The molecule has 2 aromatic rings. The van der Waals surface area contributed by atoms with E-state index in [1.165, 1.54) is 13.2 Å². The van der Waals surface area contributed by atoms with E-state index < -0.39 is 0 Å². The molecule has 27 heavy (non-hydrogen) atoms. The minimum absolute atomic E-state index is 0.103. The molecule has 0 saturated carbocycles. The number of aromatic hydroxyl groups is 1. The van der Waals surface area contributed by atoms with Crippen molar-refractivity contribution in [1.29, 1.82) is 0 Å². The second-order valence-electron chi connectivity index (χ2n) is 6.74. The van der Waals surface area contributed by atoms with Crippen LogP contribution in [0.3, 0.4) is 0 Å². The van der Waals surface area contributed by atoms with E-state index >= 15 is 0 Å². The predicted molar refractivity (Wildman–Crippen MR) is 98.8 cm³/mol. The zero-order valence-corrected chi connectivity index (χ0v) is 15.5. The Morgan fingerprint density at radius 2 is 2.19 bits per heavy atom. The van der Waals surface area contributed by atoms with E-state index in [0.29, 0.717) is 50.9 Å². The minimum atomic E-state index is -0.138. The number of fused-ring (bicyclic) bond motifs is 3. The van der Waals surface area contributed by atoms with Gasteiger partial charge in [0.2, 0.25) is 0 Å². The number of hydrogen-bond donors (Lipinski definition) is 1. The van der Waals surface area contributed by atoms with Gasteiger partial charge in [-0.25, -0.2) is 0 Å². The van der Waals surface area contributed by atoms with E-state index in [1.807, 2.05) is 13.0 Å². The molecular formula is C20H23NO6. The van der Waals surface area contributed by atoms with Crippen molar-refractivity contribution >= 4 is 0 Å². The van der Waals surface area contributed by atoms with Gasteiger partial charge in [0.1, 0.15) is 18.5 Å². The minimum Gasteiger partial charge on any atom is -0.504 e. The molecule has 0 aliphatic carbocycles. The van der Waals surface area contributed by atoms with Gasteiger partial charge < -0.3 is 28.6 Å². The number of phenolic OH excluding ortho intramolecular Hbond substituents is 1. The monoisotopic (exact) mass is 373 g/mol. The number of phenols is 1. The first-order valence-electron chi connectivity index (χ1n) is 9.06. The maximum absolute atomic E-state index is 12.7. The van der Waals surface area contributed by atoms with E-state index in [-0.39, 0.29) is 17.4 Å². The first-order valence-corrected chi connectivity index (χ1v) is 9.06. The number of aromatic nitrogens is 1. The van der Waals surface area contributed by atoms with Crippen LogP contribution in [0.5, 0.6) is 17.2 Å². The zero-order valence-electron chi connectivity index (χ0n) is 15.5. The van der Waals surface area contributed by atoms with Crippen LogP contribution in [0.4, 0.5) is 0 Å². The van der Waals surface area contributed by atoms with Gasteiger partial charge in [0.25, 0.3) is 5.56 Å². The van der Waals surface area contributed by atoms with Crippen molar-refractivity contribution in [3.8, 4) is 28.5 Å². The second kappa shape index (κ2) is 7.25. The van der Waals surface area contributed by atoms with E-state index in [9.17, 15) is 9.90 Å². The topological polar surface area (TPSA) is 79.2 Å². The number of pyridine rings is 1. The second-order valence-corrected chi connectivity index (χ2v) is 6.74. The van der Waals surface area contributed by atoms with Crippen molar-refractivity contribution in [2.24, 2.45) is 0 Å². The first-order chi connectivity index (χ1) is 13.1. The molecule has 2 aliphatic heterocycles. The van der Waals surface area contributed by atoms with Crippen LogP contribution >= 0.6 is 0 Å². The zero-order chi connectivity index (χ0) is 19.0. The van der Waals surface area contributed by atoms with Gasteiger partial charge in [-0.1, -0.05) is 0 Å². The van der Waals surface area contributed by atoms with Gasteiger partial charge in [-0.2, -0.15) is 0 Å². The van der Waals surface area contributed by atoms with E-state index in [2.05, 4.69) is 0 Å². The standard InChI is InChI=1S/C20H23NO6/c1-12-17(27-11-13-10-25-7-8-26-13)9-18(23)21-6-5-15-14(19(12)21)3-4-16(22)20(15)24-2/h3-4,9,13,22H,5-8,10-11H2,1-2H3/t13-/m0/s1. The van der Waals surface area contributed by atoms with E-state index in [1.54, 1.807) is 10.6 Å². The summed E-state index contributed by atoms with van der Waals surface area (Å²) in [7, 11) is 1.54. The molecule has 1 atom stereocenters. The smallest absolute Gasteiger partial charge is 0.254 e. The highest BCUT2D eigenvalue weighted by Gasteiger charge is 2.26. The summed E-state index contributed by atoms with van der Waals surface area (Å²) < 4.78 is 24.1. The molecule has 0 radical (unpaired) electrons. The molecule has 7 heteroatoms. The van der Waals surface area contributed by atoms with Crippen LogP contribution in [0.15, 0.2) is 23.0 Å². The lowest BCUT2D eigenvalue weighted by Crippen LogP contribution is -2.34. The lowest BCUT2D eigenvalue weighted by Gasteiger charge is -2.27. The van der Waals surface area contributed by atoms with Gasteiger partial charge in [0.05, 0.1) is 32.6 Å². The fourth-order valence-electron chi connectivity index (χ4n) is 3.80. The summed E-state index contributed by atoms with van der Waals surface area (Å²) in [4.78, 5) is 12.7. The van der Waals surface area contributed by atoms with Crippen molar-refractivity contribution < 1.29 is 24.1 Å². The average molecular weight is 373 g/mol. The summed E-state index contributed by atoms with van der Waals surface area (Å²) in [5, 5.41) is 10.1. The van der Waals surface area contributed by atoms with Crippen molar-refractivity contribution in [3.63, 3.8) is 0 Å². The normalized spacial score (nSPS) is 18.5.